The van der Waals surface area contributed by atoms with Crippen LogP contribution in [0.4, 0.5) is 4.79 Å². The highest BCUT2D eigenvalue weighted by Gasteiger charge is 2.47. The van der Waals surface area contributed by atoms with Crippen LogP contribution in [0, 0.1) is 5.41 Å². The molecule has 118 valence electrons. The van der Waals surface area contributed by atoms with E-state index in [2.05, 4.69) is 10.6 Å². The van der Waals surface area contributed by atoms with E-state index < -0.39 is 23.5 Å². The van der Waals surface area contributed by atoms with Crippen LogP contribution in [0.2, 0.25) is 0 Å². The Balaban J connectivity index is 1.79. The quantitative estimate of drug-likeness (QED) is 0.642. The van der Waals surface area contributed by atoms with Gasteiger partial charge < -0.3 is 25.4 Å². The van der Waals surface area contributed by atoms with Gasteiger partial charge in [0.1, 0.15) is 5.41 Å². The van der Waals surface area contributed by atoms with Gasteiger partial charge in [0.15, 0.2) is 0 Å². The molecule has 2 saturated heterocycles. The Morgan fingerprint density at radius 3 is 2.62 bits per heavy atom. The molecule has 8 nitrogen and oxygen atoms in total. The molecule has 8 heteroatoms. The van der Waals surface area contributed by atoms with Gasteiger partial charge in [0.25, 0.3) is 0 Å². The molecule has 0 aromatic heterocycles. The first-order valence-corrected chi connectivity index (χ1v) is 7.07. The fourth-order valence-corrected chi connectivity index (χ4v) is 2.53. The number of carboxylic acid groups (broad SMARTS) is 1. The van der Waals surface area contributed by atoms with Crippen LogP contribution in [0.1, 0.15) is 19.8 Å². The topological polar surface area (TPSA) is 108 Å². The number of amides is 3. The molecule has 2 aliphatic rings. The predicted molar refractivity (Wildman–Crippen MR) is 72.7 cm³/mol. The highest BCUT2D eigenvalue weighted by molar-refractivity contribution is 5.85. The van der Waals surface area contributed by atoms with Crippen LogP contribution in [0.25, 0.3) is 0 Å². The van der Waals surface area contributed by atoms with E-state index in [0.29, 0.717) is 0 Å². The summed E-state index contributed by atoms with van der Waals surface area (Å²) in [6, 6.07) is -1.16. The Kier molecular flexibility index (Phi) is 4.66. The largest absolute Gasteiger partial charge is 0.481 e. The minimum Gasteiger partial charge on any atom is -0.481 e. The van der Waals surface area contributed by atoms with Gasteiger partial charge in [-0.15, -0.1) is 0 Å². The molecule has 3 amide bonds. The highest BCUT2D eigenvalue weighted by Crippen LogP contribution is 2.28. The van der Waals surface area contributed by atoms with Gasteiger partial charge in [-0.25, -0.2) is 4.79 Å². The molecule has 3 N–H and O–H groups in total. The second kappa shape index (κ2) is 6.30. The lowest BCUT2D eigenvalue weighted by atomic mass is 9.85. The summed E-state index contributed by atoms with van der Waals surface area (Å²) in [6.45, 7) is 3.12. The number of carboxylic acids is 1. The zero-order valence-electron chi connectivity index (χ0n) is 12.1. The Labute approximate surface area is 122 Å². The average Bonchev–Trinajstić information content (AvgIpc) is 3.07. The minimum atomic E-state index is -1.14. The van der Waals surface area contributed by atoms with E-state index in [0.717, 1.165) is 25.9 Å². The summed E-state index contributed by atoms with van der Waals surface area (Å²) < 4.78 is 5.14. The van der Waals surface area contributed by atoms with Gasteiger partial charge in [0.2, 0.25) is 5.91 Å². The lowest BCUT2D eigenvalue weighted by Gasteiger charge is -2.25. The zero-order valence-corrected chi connectivity index (χ0v) is 12.1. The van der Waals surface area contributed by atoms with Gasteiger partial charge in [0, 0.05) is 13.1 Å². The maximum Gasteiger partial charge on any atom is 0.315 e. The minimum absolute atomic E-state index is 0.0555. The summed E-state index contributed by atoms with van der Waals surface area (Å²) in [5, 5.41) is 14.2. The average molecular weight is 299 g/mol. The lowest BCUT2D eigenvalue weighted by molar-refractivity contribution is -0.148. The van der Waals surface area contributed by atoms with Gasteiger partial charge in [-0.3, -0.25) is 9.59 Å². The number of hydrogen-bond donors (Lipinski definition) is 3. The third-order valence-corrected chi connectivity index (χ3v) is 4.11. The first-order chi connectivity index (χ1) is 9.93. The van der Waals surface area contributed by atoms with Crippen molar-refractivity contribution in [1.29, 1.82) is 0 Å². The molecule has 0 radical (unpaired) electrons. The fraction of sp³-hybridized carbons (Fsp3) is 0.769. The number of nitrogens with one attached hydrogen (secondary N) is 2. The van der Waals surface area contributed by atoms with Gasteiger partial charge in [-0.2, -0.15) is 0 Å². The molecule has 0 saturated carbocycles. The highest BCUT2D eigenvalue weighted by atomic mass is 16.5. The molecule has 2 heterocycles. The molecule has 2 fully saturated rings. The normalized spacial score (nSPS) is 28.4. The molecule has 0 spiro atoms. The van der Waals surface area contributed by atoms with E-state index in [-0.39, 0.29) is 25.7 Å². The fourth-order valence-electron chi connectivity index (χ4n) is 2.53. The van der Waals surface area contributed by atoms with Crippen LogP contribution in [0.5, 0.6) is 0 Å². The monoisotopic (exact) mass is 299 g/mol. The molecule has 2 rings (SSSR count). The van der Waals surface area contributed by atoms with Crippen molar-refractivity contribution < 1.29 is 24.2 Å². The standard InChI is InChI=1S/C13H21N3O5/c1-13(11(18)19)8-21-7-9(13)15-12(20)14-6-10(17)16-4-2-3-5-16/h9H,2-8H2,1H3,(H,18,19)(H2,14,15,20). The number of nitrogens with zero attached hydrogens (tertiary/aromatic N) is 1. The lowest BCUT2D eigenvalue weighted by Crippen LogP contribution is -2.53. The summed E-state index contributed by atoms with van der Waals surface area (Å²) in [7, 11) is 0. The van der Waals surface area contributed by atoms with Crippen molar-refractivity contribution in [2.45, 2.75) is 25.8 Å². The van der Waals surface area contributed by atoms with E-state index in [1.165, 1.54) is 6.92 Å². The molecule has 0 bridgehead atoms. The Morgan fingerprint density at radius 2 is 2.00 bits per heavy atom. The number of urea groups is 1. The van der Waals surface area contributed by atoms with Gasteiger partial charge in [0.05, 0.1) is 25.8 Å². The molecular formula is C13H21N3O5. The van der Waals surface area contributed by atoms with E-state index in [1.54, 1.807) is 4.90 Å². The number of carbonyl (C=O) groups excluding carboxylic acids is 2. The Morgan fingerprint density at radius 1 is 1.33 bits per heavy atom. The molecular weight excluding hydrogens is 278 g/mol. The van der Waals surface area contributed by atoms with E-state index in [1.807, 2.05) is 0 Å². The van der Waals surface area contributed by atoms with Crippen molar-refractivity contribution >= 4 is 17.9 Å². The van der Waals surface area contributed by atoms with E-state index in [9.17, 15) is 19.5 Å². The first-order valence-electron chi connectivity index (χ1n) is 7.07. The maximum atomic E-state index is 11.8. The molecule has 2 aliphatic heterocycles. The SMILES string of the molecule is CC1(C(=O)O)COCC1NC(=O)NCC(=O)N1CCCC1. The van der Waals surface area contributed by atoms with Crippen molar-refractivity contribution in [3.63, 3.8) is 0 Å². The molecule has 0 aromatic rings. The van der Waals surface area contributed by atoms with Crippen molar-refractivity contribution in [2.24, 2.45) is 5.41 Å². The maximum absolute atomic E-state index is 11.8. The van der Waals surface area contributed by atoms with Crippen LogP contribution in [-0.4, -0.2) is 66.8 Å². The molecule has 21 heavy (non-hydrogen) atoms. The Bertz CT molecular complexity index is 436. The van der Waals surface area contributed by atoms with Crippen LogP contribution < -0.4 is 10.6 Å². The second-order valence-corrected chi connectivity index (χ2v) is 5.71. The van der Waals surface area contributed by atoms with Crippen molar-refractivity contribution in [3.05, 3.63) is 0 Å². The van der Waals surface area contributed by atoms with Crippen molar-refractivity contribution in [3.8, 4) is 0 Å². The van der Waals surface area contributed by atoms with Gasteiger partial charge >= 0.3 is 12.0 Å². The van der Waals surface area contributed by atoms with Crippen molar-refractivity contribution in [2.75, 3.05) is 32.8 Å². The Hall–Kier alpha value is -1.83. The second-order valence-electron chi connectivity index (χ2n) is 5.71. The zero-order chi connectivity index (χ0) is 15.5. The number of hydrogen-bond acceptors (Lipinski definition) is 4. The summed E-state index contributed by atoms with van der Waals surface area (Å²) in [5.41, 5.74) is -1.14. The smallest absolute Gasteiger partial charge is 0.315 e. The van der Waals surface area contributed by atoms with Gasteiger partial charge in [-0.1, -0.05) is 0 Å². The van der Waals surface area contributed by atoms with Crippen LogP contribution in [0.3, 0.4) is 0 Å². The summed E-state index contributed by atoms with van der Waals surface area (Å²) in [5.74, 6) is -1.13. The molecule has 0 aliphatic carbocycles. The number of likely N-dealkylation sites (tertiary alicyclic amines) is 1. The third kappa shape index (κ3) is 3.44. The van der Waals surface area contributed by atoms with E-state index >= 15 is 0 Å². The summed E-state index contributed by atoms with van der Waals surface area (Å²) >= 11 is 0. The van der Waals surface area contributed by atoms with Crippen molar-refractivity contribution in [1.82, 2.24) is 15.5 Å². The van der Waals surface area contributed by atoms with Crippen LogP contribution in [0.15, 0.2) is 0 Å². The molecule has 2 unspecified atom stereocenters. The predicted octanol–water partition coefficient (Wildman–Crippen LogP) is -0.602. The summed E-state index contributed by atoms with van der Waals surface area (Å²) in [4.78, 5) is 36.5. The van der Waals surface area contributed by atoms with Crippen LogP contribution >= 0.6 is 0 Å². The number of aliphatic carboxylic acids is 1. The first kappa shape index (κ1) is 15.6. The van der Waals surface area contributed by atoms with E-state index in [4.69, 9.17) is 4.74 Å². The summed E-state index contributed by atoms with van der Waals surface area (Å²) in [6.07, 6.45) is 1.99. The third-order valence-electron chi connectivity index (χ3n) is 4.11. The number of ether oxygens (including phenoxy) is 1. The van der Waals surface area contributed by atoms with Crippen LogP contribution in [-0.2, 0) is 14.3 Å². The van der Waals surface area contributed by atoms with Gasteiger partial charge in [-0.05, 0) is 19.8 Å². The molecule has 0 aromatic carbocycles. The number of rotatable bonds is 4. The molecule has 2 atom stereocenters. The number of carbonyl (C=O) groups is 3.